The quantitative estimate of drug-likeness (QED) is 0.594. The van der Waals surface area contributed by atoms with Crippen molar-refractivity contribution in [2.75, 3.05) is 25.9 Å². The predicted octanol–water partition coefficient (Wildman–Crippen LogP) is 3.55. The maximum Gasteiger partial charge on any atom is 0.256 e. The molecule has 2 amide bonds. The molecule has 0 atom stereocenters. The van der Waals surface area contributed by atoms with Gasteiger partial charge in [-0.3, -0.25) is 9.59 Å². The number of thiophene rings is 1. The van der Waals surface area contributed by atoms with Crippen LogP contribution >= 0.6 is 23.1 Å². The van der Waals surface area contributed by atoms with Crippen molar-refractivity contribution in [2.24, 2.45) is 5.92 Å². The van der Waals surface area contributed by atoms with Crippen LogP contribution in [0.25, 0.3) is 6.08 Å². The zero-order valence-corrected chi connectivity index (χ0v) is 16.9. The molecule has 2 aromatic rings. The van der Waals surface area contributed by atoms with Crippen molar-refractivity contribution in [2.45, 2.75) is 17.9 Å². The van der Waals surface area contributed by atoms with Gasteiger partial charge in [0.05, 0.1) is 5.56 Å². The van der Waals surface area contributed by atoms with Gasteiger partial charge in [-0.1, -0.05) is 0 Å². The van der Waals surface area contributed by atoms with E-state index < -0.39 is 0 Å². The molecule has 0 unspecified atom stereocenters. The average Bonchev–Trinajstić information content (AvgIpc) is 3.24. The zero-order chi connectivity index (χ0) is 19.1. The monoisotopic (exact) mass is 401 g/mol. The molecule has 0 saturated carbocycles. The van der Waals surface area contributed by atoms with Gasteiger partial charge in [-0.15, -0.1) is 11.8 Å². The van der Waals surface area contributed by atoms with Gasteiger partial charge in [0, 0.05) is 31.9 Å². The molecule has 1 aliphatic heterocycles. The largest absolute Gasteiger partial charge is 0.352 e. The lowest BCUT2D eigenvalue weighted by Crippen LogP contribution is -2.41. The van der Waals surface area contributed by atoms with Gasteiger partial charge in [-0.2, -0.15) is 11.3 Å². The fourth-order valence-corrected chi connectivity index (χ4v) is 4.24. The highest BCUT2D eigenvalue weighted by molar-refractivity contribution is 7.98. The van der Waals surface area contributed by atoms with Crippen LogP contribution in [0.4, 0.5) is 0 Å². The summed E-state index contributed by atoms with van der Waals surface area (Å²) in [5, 5.41) is 7.73. The van der Waals surface area contributed by atoms with E-state index in [1.165, 1.54) is 11.8 Å². The normalized spacial score (nSPS) is 15.2. The first-order chi connectivity index (χ1) is 13.2. The number of likely N-dealkylation sites (tertiary alicyclic amines) is 1. The number of nitrogens with one attached hydrogen (secondary N) is 1. The van der Waals surface area contributed by atoms with Crippen molar-refractivity contribution in [3.05, 3.63) is 52.4 Å². The minimum Gasteiger partial charge on any atom is -0.352 e. The first-order valence-corrected chi connectivity index (χ1v) is 11.1. The Labute approximate surface area is 167 Å². The number of hydrogen-bond acceptors (Lipinski definition) is 5. The summed E-state index contributed by atoms with van der Waals surface area (Å²) in [7, 11) is 0. The number of hydrogen-bond donors (Lipinski definition) is 1. The summed E-state index contributed by atoms with van der Waals surface area (Å²) in [6.45, 7) is 2.08. The van der Waals surface area contributed by atoms with Gasteiger partial charge in [0.1, 0.15) is 5.03 Å². The highest BCUT2D eigenvalue weighted by Crippen LogP contribution is 2.22. The second-order valence-corrected chi connectivity index (χ2v) is 8.01. The van der Waals surface area contributed by atoms with Crippen LogP contribution in [-0.4, -0.2) is 47.6 Å². The average molecular weight is 402 g/mol. The van der Waals surface area contributed by atoms with Crippen LogP contribution in [0.1, 0.15) is 28.8 Å². The van der Waals surface area contributed by atoms with E-state index >= 15 is 0 Å². The molecule has 1 saturated heterocycles. The standard InChI is InChI=1S/C20H23N3O2S2/c1-26-19-17(3-2-9-21-19)20(25)23-10-6-15(7-11-23)13-22-18(24)5-4-16-8-12-27-14-16/h2-5,8-9,12,14-15H,6-7,10-11,13H2,1H3,(H,22,24)/b5-4+. The molecular weight excluding hydrogens is 378 g/mol. The molecule has 0 radical (unpaired) electrons. The number of piperidine rings is 1. The number of thioether (sulfide) groups is 1. The third-order valence-corrected chi connectivity index (χ3v) is 6.05. The van der Waals surface area contributed by atoms with Crippen molar-refractivity contribution in [3.8, 4) is 0 Å². The molecule has 7 heteroatoms. The highest BCUT2D eigenvalue weighted by Gasteiger charge is 2.25. The molecule has 1 fully saturated rings. The lowest BCUT2D eigenvalue weighted by molar-refractivity contribution is -0.116. The summed E-state index contributed by atoms with van der Waals surface area (Å²) in [5.74, 6) is 0.384. The van der Waals surface area contributed by atoms with E-state index in [-0.39, 0.29) is 11.8 Å². The molecule has 1 aliphatic rings. The Bertz CT molecular complexity index is 797. The Hall–Kier alpha value is -2.12. The Kier molecular flexibility index (Phi) is 7.06. The molecular formula is C20H23N3O2S2. The maximum atomic E-state index is 12.7. The lowest BCUT2D eigenvalue weighted by atomic mass is 9.96. The van der Waals surface area contributed by atoms with E-state index in [4.69, 9.17) is 0 Å². The molecule has 0 spiro atoms. The number of amides is 2. The molecule has 2 aromatic heterocycles. The van der Waals surface area contributed by atoms with Crippen LogP contribution in [0, 0.1) is 5.92 Å². The lowest BCUT2D eigenvalue weighted by Gasteiger charge is -2.32. The van der Waals surface area contributed by atoms with Crippen molar-refractivity contribution in [1.82, 2.24) is 15.2 Å². The Balaban J connectivity index is 1.45. The minimum atomic E-state index is -0.0697. The summed E-state index contributed by atoms with van der Waals surface area (Å²) >= 11 is 3.10. The number of aromatic nitrogens is 1. The summed E-state index contributed by atoms with van der Waals surface area (Å²) in [4.78, 5) is 30.9. The molecule has 142 valence electrons. The molecule has 27 heavy (non-hydrogen) atoms. The predicted molar refractivity (Wildman–Crippen MR) is 111 cm³/mol. The van der Waals surface area contributed by atoms with Crippen LogP contribution in [0.2, 0.25) is 0 Å². The fourth-order valence-electron chi connectivity index (χ4n) is 3.07. The van der Waals surface area contributed by atoms with Crippen molar-refractivity contribution in [3.63, 3.8) is 0 Å². The highest BCUT2D eigenvalue weighted by atomic mass is 32.2. The van der Waals surface area contributed by atoms with Crippen molar-refractivity contribution < 1.29 is 9.59 Å². The second-order valence-electron chi connectivity index (χ2n) is 6.43. The summed E-state index contributed by atoms with van der Waals surface area (Å²) < 4.78 is 0. The Morgan fingerprint density at radius 2 is 2.19 bits per heavy atom. The SMILES string of the molecule is CSc1ncccc1C(=O)N1CCC(CNC(=O)/C=C/c2ccsc2)CC1. The van der Waals surface area contributed by atoms with Crippen molar-refractivity contribution >= 4 is 41.0 Å². The zero-order valence-electron chi connectivity index (χ0n) is 15.3. The van der Waals surface area contributed by atoms with E-state index in [1.54, 1.807) is 29.7 Å². The molecule has 0 aliphatic carbocycles. The van der Waals surface area contributed by atoms with E-state index in [0.29, 0.717) is 31.1 Å². The van der Waals surface area contributed by atoms with Gasteiger partial charge in [-0.05, 0) is 65.6 Å². The second kappa shape index (κ2) is 9.71. The molecule has 3 heterocycles. The minimum absolute atomic E-state index is 0.0497. The first kappa shape index (κ1) is 19.6. The van der Waals surface area contributed by atoms with Gasteiger partial charge in [0.2, 0.25) is 5.91 Å². The number of carbonyl (C=O) groups excluding carboxylic acids is 2. The number of pyridine rings is 1. The van der Waals surface area contributed by atoms with E-state index in [0.717, 1.165) is 23.4 Å². The fraction of sp³-hybridized carbons (Fsp3) is 0.350. The smallest absolute Gasteiger partial charge is 0.256 e. The number of rotatable bonds is 6. The third-order valence-electron chi connectivity index (χ3n) is 4.63. The van der Waals surface area contributed by atoms with Gasteiger partial charge >= 0.3 is 0 Å². The van der Waals surface area contributed by atoms with Crippen LogP contribution in [-0.2, 0) is 4.79 Å². The molecule has 1 N–H and O–H groups in total. The van der Waals surface area contributed by atoms with Crippen LogP contribution in [0.15, 0.2) is 46.3 Å². The van der Waals surface area contributed by atoms with Gasteiger partial charge < -0.3 is 10.2 Å². The maximum absolute atomic E-state index is 12.7. The summed E-state index contributed by atoms with van der Waals surface area (Å²) in [6, 6.07) is 5.62. The summed E-state index contributed by atoms with van der Waals surface area (Å²) in [5.41, 5.74) is 1.72. The molecule has 5 nitrogen and oxygen atoms in total. The first-order valence-electron chi connectivity index (χ1n) is 8.93. The van der Waals surface area contributed by atoms with Gasteiger partial charge in [0.15, 0.2) is 0 Å². The Morgan fingerprint density at radius 3 is 2.89 bits per heavy atom. The summed E-state index contributed by atoms with van der Waals surface area (Å²) in [6.07, 6.45) is 8.84. The van der Waals surface area contributed by atoms with Crippen LogP contribution in [0.3, 0.4) is 0 Å². The molecule has 0 aromatic carbocycles. The Morgan fingerprint density at radius 1 is 1.37 bits per heavy atom. The molecule has 0 bridgehead atoms. The third kappa shape index (κ3) is 5.43. The van der Waals surface area contributed by atoms with Gasteiger partial charge in [0.25, 0.3) is 5.91 Å². The topological polar surface area (TPSA) is 62.3 Å². The van der Waals surface area contributed by atoms with Crippen LogP contribution in [0.5, 0.6) is 0 Å². The van der Waals surface area contributed by atoms with Crippen molar-refractivity contribution in [1.29, 1.82) is 0 Å². The van der Waals surface area contributed by atoms with E-state index in [2.05, 4.69) is 10.3 Å². The molecule has 3 rings (SSSR count). The number of carbonyl (C=O) groups is 2. The van der Waals surface area contributed by atoms with E-state index in [1.807, 2.05) is 40.1 Å². The van der Waals surface area contributed by atoms with Gasteiger partial charge in [-0.25, -0.2) is 4.98 Å². The van der Waals surface area contributed by atoms with Crippen LogP contribution < -0.4 is 5.32 Å². The number of nitrogens with zero attached hydrogens (tertiary/aromatic N) is 2. The van der Waals surface area contributed by atoms with E-state index in [9.17, 15) is 9.59 Å².